The standard InChI is InChI=1S/C10H8ClN3O3/c1-5-9(13-17-10(5)12)6-2-7(11)4-8(3-6)14(15)16/h2-4H,12H2,1H3. The molecule has 0 aliphatic heterocycles. The van der Waals surface area contributed by atoms with E-state index in [1.165, 1.54) is 12.1 Å². The highest BCUT2D eigenvalue weighted by Gasteiger charge is 2.16. The predicted molar refractivity (Wildman–Crippen MR) is 62.8 cm³/mol. The average Bonchev–Trinajstić information content (AvgIpc) is 2.59. The molecule has 0 saturated heterocycles. The SMILES string of the molecule is Cc1c(-c2cc(Cl)cc([N+](=O)[O-])c2)noc1N. The summed E-state index contributed by atoms with van der Waals surface area (Å²) in [6.07, 6.45) is 0. The van der Waals surface area contributed by atoms with Gasteiger partial charge in [-0.2, -0.15) is 0 Å². The van der Waals surface area contributed by atoms with Gasteiger partial charge in [-0.3, -0.25) is 10.1 Å². The third-order valence-electron chi connectivity index (χ3n) is 2.33. The van der Waals surface area contributed by atoms with Crippen molar-refractivity contribution in [3.8, 4) is 11.3 Å². The number of nitrogen functional groups attached to an aromatic ring is 1. The van der Waals surface area contributed by atoms with Crippen LogP contribution in [0.5, 0.6) is 0 Å². The van der Waals surface area contributed by atoms with Crippen molar-refractivity contribution >= 4 is 23.2 Å². The molecular formula is C10H8ClN3O3. The molecule has 88 valence electrons. The van der Waals surface area contributed by atoms with Gasteiger partial charge in [-0.05, 0) is 13.0 Å². The lowest BCUT2D eigenvalue weighted by molar-refractivity contribution is -0.384. The molecule has 1 heterocycles. The highest BCUT2D eigenvalue weighted by molar-refractivity contribution is 6.31. The first-order valence-corrected chi connectivity index (χ1v) is 5.04. The highest BCUT2D eigenvalue weighted by Crippen LogP contribution is 2.31. The Bertz CT molecular complexity index is 594. The monoisotopic (exact) mass is 253 g/mol. The number of halogens is 1. The van der Waals surface area contributed by atoms with Gasteiger partial charge in [0.25, 0.3) is 5.69 Å². The second-order valence-corrected chi connectivity index (χ2v) is 3.91. The topological polar surface area (TPSA) is 95.2 Å². The van der Waals surface area contributed by atoms with Crippen molar-refractivity contribution in [3.05, 3.63) is 38.9 Å². The Labute approximate surface area is 101 Å². The molecular weight excluding hydrogens is 246 g/mol. The molecule has 0 aliphatic carbocycles. The van der Waals surface area contributed by atoms with E-state index in [1.54, 1.807) is 13.0 Å². The Hall–Kier alpha value is -2.08. The Morgan fingerprint density at radius 3 is 2.71 bits per heavy atom. The van der Waals surface area contributed by atoms with Crippen LogP contribution in [0.3, 0.4) is 0 Å². The number of nitro benzene ring substituents is 1. The zero-order valence-electron chi connectivity index (χ0n) is 8.81. The van der Waals surface area contributed by atoms with Crippen molar-refractivity contribution in [2.75, 3.05) is 5.73 Å². The smallest absolute Gasteiger partial charge is 0.271 e. The molecule has 0 bridgehead atoms. The normalized spacial score (nSPS) is 10.5. The summed E-state index contributed by atoms with van der Waals surface area (Å²) in [4.78, 5) is 10.2. The summed E-state index contributed by atoms with van der Waals surface area (Å²) >= 11 is 5.81. The van der Waals surface area contributed by atoms with Crippen LogP contribution in [0.15, 0.2) is 22.7 Å². The van der Waals surface area contributed by atoms with E-state index in [1.807, 2.05) is 0 Å². The fraction of sp³-hybridized carbons (Fsp3) is 0.100. The molecule has 1 aromatic carbocycles. The summed E-state index contributed by atoms with van der Waals surface area (Å²) < 4.78 is 4.80. The first-order valence-electron chi connectivity index (χ1n) is 4.66. The van der Waals surface area contributed by atoms with Gasteiger partial charge >= 0.3 is 0 Å². The fourth-order valence-electron chi connectivity index (χ4n) is 1.43. The molecule has 7 heteroatoms. The molecule has 0 fully saturated rings. The third-order valence-corrected chi connectivity index (χ3v) is 2.55. The molecule has 0 spiro atoms. The van der Waals surface area contributed by atoms with Gasteiger partial charge in [0, 0.05) is 28.3 Å². The van der Waals surface area contributed by atoms with Gasteiger partial charge in [0.15, 0.2) is 0 Å². The van der Waals surface area contributed by atoms with E-state index in [2.05, 4.69) is 5.16 Å². The van der Waals surface area contributed by atoms with Crippen LogP contribution in [0.1, 0.15) is 5.56 Å². The fourth-order valence-corrected chi connectivity index (χ4v) is 1.66. The first-order chi connectivity index (χ1) is 7.99. The molecule has 17 heavy (non-hydrogen) atoms. The second-order valence-electron chi connectivity index (χ2n) is 3.48. The van der Waals surface area contributed by atoms with Crippen molar-refractivity contribution in [3.63, 3.8) is 0 Å². The average molecular weight is 254 g/mol. The van der Waals surface area contributed by atoms with Gasteiger partial charge in [0.1, 0.15) is 5.69 Å². The van der Waals surface area contributed by atoms with Crippen LogP contribution >= 0.6 is 11.6 Å². The maximum absolute atomic E-state index is 10.7. The Kier molecular flexibility index (Phi) is 2.72. The number of nitrogens with zero attached hydrogens (tertiary/aromatic N) is 2. The highest BCUT2D eigenvalue weighted by atomic mass is 35.5. The second kappa shape index (κ2) is 4.06. The van der Waals surface area contributed by atoms with Crippen molar-refractivity contribution in [2.45, 2.75) is 6.92 Å². The lowest BCUT2D eigenvalue weighted by atomic mass is 10.1. The zero-order chi connectivity index (χ0) is 12.6. The largest absolute Gasteiger partial charge is 0.367 e. The van der Waals surface area contributed by atoms with Crippen molar-refractivity contribution in [2.24, 2.45) is 0 Å². The van der Waals surface area contributed by atoms with Gasteiger partial charge < -0.3 is 10.3 Å². The lowest BCUT2D eigenvalue weighted by Gasteiger charge is -1.99. The number of aromatic nitrogens is 1. The minimum absolute atomic E-state index is 0.103. The number of nitro groups is 1. The number of nitrogens with two attached hydrogens (primary N) is 1. The van der Waals surface area contributed by atoms with Crippen LogP contribution in [0, 0.1) is 17.0 Å². The number of rotatable bonds is 2. The summed E-state index contributed by atoms with van der Waals surface area (Å²) in [7, 11) is 0. The maximum Gasteiger partial charge on any atom is 0.271 e. The number of anilines is 1. The molecule has 0 amide bonds. The summed E-state index contributed by atoms with van der Waals surface area (Å²) in [5.41, 5.74) is 6.99. The number of benzene rings is 1. The molecule has 0 saturated carbocycles. The first kappa shape index (κ1) is 11.4. The summed E-state index contributed by atoms with van der Waals surface area (Å²) in [6.45, 7) is 1.72. The van der Waals surface area contributed by atoms with Gasteiger partial charge in [0.2, 0.25) is 5.88 Å². The van der Waals surface area contributed by atoms with Crippen LogP contribution < -0.4 is 5.73 Å². The molecule has 1 aromatic heterocycles. The van der Waals surface area contributed by atoms with Crippen molar-refractivity contribution < 1.29 is 9.45 Å². The summed E-state index contributed by atoms with van der Waals surface area (Å²) in [5, 5.41) is 14.7. The molecule has 2 aromatic rings. The molecule has 0 atom stereocenters. The quantitative estimate of drug-likeness (QED) is 0.656. The Balaban J connectivity index is 2.60. The van der Waals surface area contributed by atoms with E-state index in [0.717, 1.165) is 0 Å². The molecule has 0 unspecified atom stereocenters. The number of non-ortho nitro benzene ring substituents is 1. The molecule has 2 rings (SSSR count). The molecule has 6 nitrogen and oxygen atoms in total. The van der Waals surface area contributed by atoms with Crippen molar-refractivity contribution in [1.82, 2.24) is 5.16 Å². The van der Waals surface area contributed by atoms with Crippen LogP contribution in [0.2, 0.25) is 5.02 Å². The van der Waals surface area contributed by atoms with Crippen molar-refractivity contribution in [1.29, 1.82) is 0 Å². The van der Waals surface area contributed by atoms with Crippen LogP contribution in [0.25, 0.3) is 11.3 Å². The predicted octanol–water partition coefficient (Wildman–Crippen LogP) is 2.79. The zero-order valence-corrected chi connectivity index (χ0v) is 9.56. The maximum atomic E-state index is 10.7. The minimum Gasteiger partial charge on any atom is -0.367 e. The van der Waals surface area contributed by atoms with Gasteiger partial charge in [-0.25, -0.2) is 0 Å². The van der Waals surface area contributed by atoms with E-state index in [4.69, 9.17) is 21.9 Å². The van der Waals surface area contributed by atoms with Gasteiger partial charge in [-0.1, -0.05) is 16.8 Å². The number of hydrogen-bond acceptors (Lipinski definition) is 5. The van der Waals surface area contributed by atoms with Gasteiger partial charge in [-0.15, -0.1) is 0 Å². The molecule has 0 radical (unpaired) electrons. The van der Waals surface area contributed by atoms with E-state index < -0.39 is 4.92 Å². The minimum atomic E-state index is -0.520. The summed E-state index contributed by atoms with van der Waals surface area (Å²) in [6, 6.07) is 4.21. The van der Waals surface area contributed by atoms with E-state index in [0.29, 0.717) is 16.8 Å². The van der Waals surface area contributed by atoms with Gasteiger partial charge in [0.05, 0.1) is 4.92 Å². The third kappa shape index (κ3) is 2.07. The number of hydrogen-bond donors (Lipinski definition) is 1. The van der Waals surface area contributed by atoms with E-state index in [-0.39, 0.29) is 16.6 Å². The Morgan fingerprint density at radius 1 is 1.47 bits per heavy atom. The van der Waals surface area contributed by atoms with Crippen LogP contribution in [0.4, 0.5) is 11.6 Å². The van der Waals surface area contributed by atoms with E-state index in [9.17, 15) is 10.1 Å². The van der Waals surface area contributed by atoms with E-state index >= 15 is 0 Å². The summed E-state index contributed by atoms with van der Waals surface area (Å²) in [5.74, 6) is 0.183. The van der Waals surface area contributed by atoms with Crippen LogP contribution in [-0.2, 0) is 0 Å². The molecule has 2 N–H and O–H groups in total. The Morgan fingerprint density at radius 2 is 2.18 bits per heavy atom. The lowest BCUT2D eigenvalue weighted by Crippen LogP contribution is -1.90. The van der Waals surface area contributed by atoms with Crippen LogP contribution in [-0.4, -0.2) is 10.1 Å². The molecule has 0 aliphatic rings.